The zero-order valence-electron chi connectivity index (χ0n) is 10.6. The first-order valence-corrected chi connectivity index (χ1v) is 6.60. The lowest BCUT2D eigenvalue weighted by Gasteiger charge is -2.08. The maximum absolute atomic E-state index is 13.2. The second-order valence-corrected chi connectivity index (χ2v) is 4.78. The van der Waals surface area contributed by atoms with Crippen LogP contribution in [0, 0.1) is 5.82 Å². The number of halogens is 2. The van der Waals surface area contributed by atoms with Gasteiger partial charge in [-0.15, -0.1) is 0 Å². The molecular formula is C12H12BrFN4O2. The Morgan fingerprint density at radius 3 is 3.00 bits per heavy atom. The fraction of sp³-hybridized carbons (Fsp3) is 0.250. The highest BCUT2D eigenvalue weighted by Gasteiger charge is 2.16. The molecule has 0 atom stereocenters. The van der Waals surface area contributed by atoms with Crippen LogP contribution >= 0.6 is 15.9 Å². The van der Waals surface area contributed by atoms with Crippen LogP contribution < -0.4 is 5.73 Å². The minimum absolute atomic E-state index is 0.0175. The second kappa shape index (κ2) is 6.00. The second-order valence-electron chi connectivity index (χ2n) is 3.92. The van der Waals surface area contributed by atoms with E-state index in [1.165, 1.54) is 12.4 Å². The molecule has 1 aromatic heterocycles. The van der Waals surface area contributed by atoms with E-state index < -0.39 is 11.8 Å². The van der Waals surface area contributed by atoms with Gasteiger partial charge < -0.3 is 10.5 Å². The van der Waals surface area contributed by atoms with Crippen LogP contribution in [-0.2, 0) is 17.9 Å². The summed E-state index contributed by atoms with van der Waals surface area (Å²) in [6.45, 7) is 2.51. The molecule has 0 saturated carbocycles. The molecule has 20 heavy (non-hydrogen) atoms. The van der Waals surface area contributed by atoms with Crippen molar-refractivity contribution in [2.24, 2.45) is 0 Å². The number of aryl methyl sites for hydroxylation is 1. The van der Waals surface area contributed by atoms with Gasteiger partial charge in [0.2, 0.25) is 0 Å². The molecule has 0 fully saturated rings. The molecule has 0 aliphatic heterocycles. The van der Waals surface area contributed by atoms with Gasteiger partial charge >= 0.3 is 5.97 Å². The van der Waals surface area contributed by atoms with Gasteiger partial charge in [0.25, 0.3) is 0 Å². The Bertz CT molecular complexity index is 644. The molecule has 2 N–H and O–H groups in total. The monoisotopic (exact) mass is 342 g/mol. The molecule has 1 aromatic carbocycles. The van der Waals surface area contributed by atoms with Crippen molar-refractivity contribution in [3.05, 3.63) is 40.1 Å². The number of nitrogens with zero attached hydrogens (tertiary/aromatic N) is 3. The van der Waals surface area contributed by atoms with E-state index in [1.54, 1.807) is 4.68 Å². The van der Waals surface area contributed by atoms with Crippen molar-refractivity contribution in [1.29, 1.82) is 0 Å². The molecule has 0 amide bonds. The highest BCUT2D eigenvalue weighted by atomic mass is 79.9. The Morgan fingerprint density at radius 2 is 2.30 bits per heavy atom. The highest BCUT2D eigenvalue weighted by molar-refractivity contribution is 9.10. The van der Waals surface area contributed by atoms with Crippen LogP contribution in [0.5, 0.6) is 0 Å². The molecule has 0 spiro atoms. The van der Waals surface area contributed by atoms with E-state index in [0.29, 0.717) is 12.4 Å². The summed E-state index contributed by atoms with van der Waals surface area (Å²) in [5.74, 6) is -0.680. The number of hydrogen-bond donors (Lipinski definition) is 1. The topological polar surface area (TPSA) is 83.0 Å². The maximum Gasteiger partial charge on any atom is 0.339 e. The first-order chi connectivity index (χ1) is 9.52. The Morgan fingerprint density at radius 1 is 1.55 bits per heavy atom. The van der Waals surface area contributed by atoms with Gasteiger partial charge in [0, 0.05) is 11.0 Å². The van der Waals surface area contributed by atoms with Crippen molar-refractivity contribution in [3.8, 4) is 0 Å². The molecule has 2 rings (SSSR count). The molecule has 0 saturated heterocycles. The van der Waals surface area contributed by atoms with Crippen LogP contribution in [0.4, 0.5) is 10.1 Å². The number of benzene rings is 1. The molecule has 0 unspecified atom stereocenters. The average molecular weight is 343 g/mol. The van der Waals surface area contributed by atoms with Crippen LogP contribution in [-0.4, -0.2) is 20.7 Å². The Balaban J connectivity index is 2.11. The predicted octanol–water partition coefficient (Wildman–Crippen LogP) is 2.14. The van der Waals surface area contributed by atoms with E-state index in [1.807, 2.05) is 6.92 Å². The summed E-state index contributed by atoms with van der Waals surface area (Å²) in [4.78, 5) is 15.9. The summed E-state index contributed by atoms with van der Waals surface area (Å²) in [5, 5.41) is 3.96. The van der Waals surface area contributed by atoms with Gasteiger partial charge in [-0.25, -0.2) is 18.9 Å². The number of aromatic nitrogens is 3. The first-order valence-electron chi connectivity index (χ1n) is 5.81. The molecule has 2 aromatic rings. The largest absolute Gasteiger partial charge is 0.454 e. The Hall–Kier alpha value is -1.96. The van der Waals surface area contributed by atoms with E-state index in [0.717, 1.165) is 6.07 Å². The van der Waals surface area contributed by atoms with Gasteiger partial charge in [0.15, 0.2) is 12.4 Å². The number of anilines is 1. The summed E-state index contributed by atoms with van der Waals surface area (Å²) in [6.07, 6.45) is 1.39. The molecule has 106 valence electrons. The highest BCUT2D eigenvalue weighted by Crippen LogP contribution is 2.23. The zero-order valence-corrected chi connectivity index (χ0v) is 12.2. The number of rotatable bonds is 4. The average Bonchev–Trinajstić information content (AvgIpc) is 2.87. The summed E-state index contributed by atoms with van der Waals surface area (Å²) < 4.78 is 20.2. The SMILES string of the molecule is CCn1ncnc1COC(=O)c1cc(N)c(F)cc1Br. The number of carbonyl (C=O) groups is 1. The minimum atomic E-state index is -0.616. The van der Waals surface area contributed by atoms with Crippen molar-refractivity contribution in [2.75, 3.05) is 5.73 Å². The van der Waals surface area contributed by atoms with Gasteiger partial charge in [-0.05, 0) is 35.0 Å². The summed E-state index contributed by atoms with van der Waals surface area (Å²) in [5.41, 5.74) is 5.48. The van der Waals surface area contributed by atoms with Crippen molar-refractivity contribution in [2.45, 2.75) is 20.1 Å². The van der Waals surface area contributed by atoms with E-state index in [4.69, 9.17) is 10.5 Å². The summed E-state index contributed by atoms with van der Waals surface area (Å²) in [6, 6.07) is 2.35. The molecule has 6 nitrogen and oxygen atoms in total. The van der Waals surface area contributed by atoms with Gasteiger partial charge in [-0.2, -0.15) is 5.10 Å². The normalized spacial score (nSPS) is 10.6. The van der Waals surface area contributed by atoms with Crippen LogP contribution in [0.25, 0.3) is 0 Å². The van der Waals surface area contributed by atoms with Gasteiger partial charge in [-0.3, -0.25) is 0 Å². The first kappa shape index (κ1) is 14.4. The van der Waals surface area contributed by atoms with Crippen molar-refractivity contribution < 1.29 is 13.9 Å². The standard InChI is InChI=1S/C12H12BrFN4O2/c1-2-18-11(16-6-17-18)5-20-12(19)7-3-10(15)9(14)4-8(7)13/h3-4,6H,2,5,15H2,1H3. The summed E-state index contributed by atoms with van der Waals surface area (Å²) in [7, 11) is 0. The third-order valence-electron chi connectivity index (χ3n) is 2.63. The Labute approximate surface area is 122 Å². The number of carbonyl (C=O) groups excluding carboxylic acids is 1. The number of esters is 1. The third kappa shape index (κ3) is 2.96. The predicted molar refractivity (Wildman–Crippen MR) is 73.3 cm³/mol. The third-order valence-corrected chi connectivity index (χ3v) is 3.29. The van der Waals surface area contributed by atoms with Gasteiger partial charge in [0.1, 0.15) is 12.1 Å². The van der Waals surface area contributed by atoms with Crippen LogP contribution in [0.15, 0.2) is 22.9 Å². The van der Waals surface area contributed by atoms with E-state index >= 15 is 0 Å². The van der Waals surface area contributed by atoms with Gasteiger partial charge in [0.05, 0.1) is 11.3 Å². The summed E-state index contributed by atoms with van der Waals surface area (Å²) >= 11 is 3.10. The van der Waals surface area contributed by atoms with E-state index in [9.17, 15) is 9.18 Å². The fourth-order valence-corrected chi connectivity index (χ4v) is 2.07. The number of hydrogen-bond acceptors (Lipinski definition) is 5. The number of nitrogens with two attached hydrogens (primary N) is 1. The van der Waals surface area contributed by atoms with E-state index in [-0.39, 0.29) is 22.3 Å². The van der Waals surface area contributed by atoms with Gasteiger partial charge in [-0.1, -0.05) is 0 Å². The molecule has 0 aliphatic carbocycles. The smallest absolute Gasteiger partial charge is 0.339 e. The maximum atomic E-state index is 13.2. The minimum Gasteiger partial charge on any atom is -0.454 e. The zero-order chi connectivity index (χ0) is 14.7. The fourth-order valence-electron chi connectivity index (χ4n) is 1.59. The van der Waals surface area contributed by atoms with Crippen molar-refractivity contribution in [1.82, 2.24) is 14.8 Å². The molecule has 0 aliphatic rings. The lowest BCUT2D eigenvalue weighted by molar-refractivity contribution is 0.0456. The molecule has 0 radical (unpaired) electrons. The van der Waals surface area contributed by atoms with Crippen LogP contribution in [0.1, 0.15) is 23.1 Å². The molecular weight excluding hydrogens is 331 g/mol. The van der Waals surface area contributed by atoms with E-state index in [2.05, 4.69) is 26.0 Å². The number of ether oxygens (including phenoxy) is 1. The molecule has 1 heterocycles. The molecule has 0 bridgehead atoms. The number of nitrogen functional groups attached to an aromatic ring is 1. The molecule has 8 heteroatoms. The van der Waals surface area contributed by atoms with Crippen molar-refractivity contribution >= 4 is 27.6 Å². The quantitative estimate of drug-likeness (QED) is 0.679. The van der Waals surface area contributed by atoms with Crippen molar-refractivity contribution in [3.63, 3.8) is 0 Å². The Kier molecular flexibility index (Phi) is 4.33. The lowest BCUT2D eigenvalue weighted by atomic mass is 10.2. The lowest BCUT2D eigenvalue weighted by Crippen LogP contribution is -2.11. The van der Waals surface area contributed by atoms with Crippen LogP contribution in [0.3, 0.4) is 0 Å². The van der Waals surface area contributed by atoms with Crippen LogP contribution in [0.2, 0.25) is 0 Å².